The van der Waals surface area contributed by atoms with Crippen molar-refractivity contribution in [3.05, 3.63) is 69.1 Å². The van der Waals surface area contributed by atoms with Gasteiger partial charge in [-0.25, -0.2) is 9.67 Å². The van der Waals surface area contributed by atoms with Crippen molar-refractivity contribution in [2.75, 3.05) is 0 Å². The number of hydrogen-bond donors (Lipinski definition) is 1. The molecule has 1 N–H and O–H groups in total. The first kappa shape index (κ1) is 14.2. The minimum atomic E-state index is -0.473. The minimum absolute atomic E-state index is 0.0428. The standard InChI is InChI=1S/C15H12N4O2S/c1-10-14(13-8-7-12(9-16-13)19(20)21)15(22)18(17-10)11-5-3-2-4-6-11/h2-9,17H,1H3. The number of nitro groups is 1. The van der Waals surface area contributed by atoms with Crippen molar-refractivity contribution in [3.63, 3.8) is 0 Å². The highest BCUT2D eigenvalue weighted by Crippen LogP contribution is 2.25. The van der Waals surface area contributed by atoms with Gasteiger partial charge in [0.1, 0.15) is 10.8 Å². The van der Waals surface area contributed by atoms with Crippen molar-refractivity contribution in [3.8, 4) is 16.9 Å². The molecule has 0 atom stereocenters. The highest BCUT2D eigenvalue weighted by atomic mass is 32.1. The van der Waals surface area contributed by atoms with Crippen LogP contribution in [0.5, 0.6) is 0 Å². The van der Waals surface area contributed by atoms with E-state index in [1.807, 2.05) is 37.3 Å². The first-order valence-corrected chi connectivity index (χ1v) is 6.96. The highest BCUT2D eigenvalue weighted by Gasteiger charge is 2.14. The topological polar surface area (TPSA) is 76.8 Å². The predicted molar refractivity (Wildman–Crippen MR) is 85.6 cm³/mol. The molecule has 2 heterocycles. The number of aromatic amines is 1. The van der Waals surface area contributed by atoms with Gasteiger partial charge in [-0.15, -0.1) is 0 Å². The predicted octanol–water partition coefficient (Wildman–Crippen LogP) is 3.81. The van der Waals surface area contributed by atoms with Gasteiger partial charge < -0.3 is 0 Å². The molecule has 0 radical (unpaired) electrons. The average Bonchev–Trinajstić information content (AvgIpc) is 2.83. The molecule has 0 unspecified atom stereocenters. The van der Waals surface area contributed by atoms with Crippen LogP contribution in [-0.2, 0) is 0 Å². The summed E-state index contributed by atoms with van der Waals surface area (Å²) in [6.07, 6.45) is 1.24. The van der Waals surface area contributed by atoms with Gasteiger partial charge in [0, 0.05) is 11.8 Å². The molecule has 1 aromatic carbocycles. The fourth-order valence-corrected chi connectivity index (χ4v) is 2.66. The van der Waals surface area contributed by atoms with Crippen LogP contribution >= 0.6 is 12.2 Å². The van der Waals surface area contributed by atoms with Gasteiger partial charge in [0.25, 0.3) is 5.69 Å². The number of pyridine rings is 1. The number of para-hydroxylation sites is 1. The fourth-order valence-electron chi connectivity index (χ4n) is 2.25. The van der Waals surface area contributed by atoms with Crippen LogP contribution in [0.4, 0.5) is 5.69 Å². The van der Waals surface area contributed by atoms with E-state index in [0.717, 1.165) is 16.9 Å². The smallest absolute Gasteiger partial charge is 0.287 e. The lowest BCUT2D eigenvalue weighted by Gasteiger charge is -2.01. The summed E-state index contributed by atoms with van der Waals surface area (Å²) < 4.78 is 2.38. The lowest BCUT2D eigenvalue weighted by Crippen LogP contribution is -1.95. The summed E-state index contributed by atoms with van der Waals surface area (Å²) in [6, 6.07) is 12.7. The third kappa shape index (κ3) is 2.42. The summed E-state index contributed by atoms with van der Waals surface area (Å²) in [5, 5.41) is 13.9. The Balaban J connectivity index is 2.11. The zero-order valence-electron chi connectivity index (χ0n) is 11.7. The third-order valence-corrected chi connectivity index (χ3v) is 3.69. The van der Waals surface area contributed by atoms with Gasteiger partial charge in [-0.3, -0.25) is 15.2 Å². The van der Waals surface area contributed by atoms with Gasteiger partial charge in [-0.2, -0.15) is 0 Å². The Morgan fingerprint density at radius 3 is 2.55 bits per heavy atom. The van der Waals surface area contributed by atoms with Crippen molar-refractivity contribution in [1.29, 1.82) is 0 Å². The van der Waals surface area contributed by atoms with E-state index >= 15 is 0 Å². The number of nitrogens with one attached hydrogen (secondary N) is 1. The maximum Gasteiger partial charge on any atom is 0.287 e. The van der Waals surface area contributed by atoms with Gasteiger partial charge in [-0.1, -0.05) is 30.4 Å². The van der Waals surface area contributed by atoms with Crippen LogP contribution < -0.4 is 0 Å². The molecule has 0 aliphatic carbocycles. The van der Waals surface area contributed by atoms with E-state index in [-0.39, 0.29) is 5.69 Å². The normalized spacial score (nSPS) is 10.6. The van der Waals surface area contributed by atoms with E-state index in [9.17, 15) is 10.1 Å². The Morgan fingerprint density at radius 2 is 1.95 bits per heavy atom. The molecule has 2 aromatic heterocycles. The number of aromatic nitrogens is 3. The highest BCUT2D eigenvalue weighted by molar-refractivity contribution is 7.71. The second kappa shape index (κ2) is 5.53. The van der Waals surface area contributed by atoms with Crippen LogP contribution in [0.2, 0.25) is 0 Å². The summed E-state index contributed by atoms with van der Waals surface area (Å²) >= 11 is 5.52. The molecule has 0 amide bonds. The summed E-state index contributed by atoms with van der Waals surface area (Å²) in [5.41, 5.74) is 3.12. The van der Waals surface area contributed by atoms with E-state index in [1.165, 1.54) is 12.3 Å². The molecule has 0 saturated heterocycles. The van der Waals surface area contributed by atoms with Gasteiger partial charge in [0.05, 0.1) is 21.9 Å². The second-order valence-corrected chi connectivity index (χ2v) is 5.13. The average molecular weight is 312 g/mol. The maximum atomic E-state index is 10.7. The lowest BCUT2D eigenvalue weighted by molar-refractivity contribution is -0.385. The SMILES string of the molecule is Cc1[nH]n(-c2ccccc2)c(=S)c1-c1ccc([N+](=O)[O-])cn1. The maximum absolute atomic E-state index is 10.7. The van der Waals surface area contributed by atoms with Crippen LogP contribution in [0.15, 0.2) is 48.7 Å². The molecular weight excluding hydrogens is 300 g/mol. The molecule has 0 aliphatic rings. The van der Waals surface area contributed by atoms with Crippen molar-refractivity contribution < 1.29 is 4.92 Å². The first-order valence-electron chi connectivity index (χ1n) is 6.56. The fraction of sp³-hybridized carbons (Fsp3) is 0.0667. The van der Waals surface area contributed by atoms with Gasteiger partial charge in [0.15, 0.2) is 0 Å². The number of benzene rings is 1. The molecular formula is C15H12N4O2S. The van der Waals surface area contributed by atoms with Crippen LogP contribution in [0.25, 0.3) is 16.9 Å². The van der Waals surface area contributed by atoms with Gasteiger partial charge in [0.2, 0.25) is 0 Å². The zero-order chi connectivity index (χ0) is 15.7. The van der Waals surface area contributed by atoms with Crippen molar-refractivity contribution in [1.82, 2.24) is 14.8 Å². The molecule has 7 heteroatoms. The molecule has 6 nitrogen and oxygen atoms in total. The number of hydrogen-bond acceptors (Lipinski definition) is 4. The van der Waals surface area contributed by atoms with E-state index in [2.05, 4.69) is 10.1 Å². The number of aryl methyl sites for hydroxylation is 1. The number of nitrogens with zero attached hydrogens (tertiary/aromatic N) is 3. The van der Waals surface area contributed by atoms with Gasteiger partial charge >= 0.3 is 0 Å². The number of H-pyrrole nitrogens is 1. The quantitative estimate of drug-likeness (QED) is 0.453. The summed E-state index contributed by atoms with van der Waals surface area (Å²) in [6.45, 7) is 1.90. The van der Waals surface area contributed by atoms with Crippen LogP contribution in [-0.4, -0.2) is 19.7 Å². The Labute approximate surface area is 131 Å². The molecule has 3 aromatic rings. The summed E-state index contributed by atoms with van der Waals surface area (Å²) in [4.78, 5) is 14.4. The lowest BCUT2D eigenvalue weighted by atomic mass is 10.2. The van der Waals surface area contributed by atoms with Crippen LogP contribution in [0, 0.1) is 21.7 Å². The molecule has 110 valence electrons. The second-order valence-electron chi connectivity index (χ2n) is 4.75. The Kier molecular flexibility index (Phi) is 3.56. The Morgan fingerprint density at radius 1 is 1.23 bits per heavy atom. The third-order valence-electron chi connectivity index (χ3n) is 3.30. The summed E-state index contributed by atoms with van der Waals surface area (Å²) in [5.74, 6) is 0. The van der Waals surface area contributed by atoms with E-state index in [0.29, 0.717) is 10.3 Å². The monoisotopic (exact) mass is 312 g/mol. The molecule has 0 fully saturated rings. The zero-order valence-corrected chi connectivity index (χ0v) is 12.5. The Hall–Kier alpha value is -2.80. The van der Waals surface area contributed by atoms with Gasteiger partial charge in [-0.05, 0) is 25.1 Å². The molecule has 22 heavy (non-hydrogen) atoms. The molecule has 0 bridgehead atoms. The van der Waals surface area contributed by atoms with Crippen LogP contribution in [0.3, 0.4) is 0 Å². The minimum Gasteiger partial charge on any atom is -0.297 e. The van der Waals surface area contributed by atoms with Crippen molar-refractivity contribution >= 4 is 17.9 Å². The first-order chi connectivity index (χ1) is 10.6. The largest absolute Gasteiger partial charge is 0.297 e. The Bertz CT molecular complexity index is 882. The van der Waals surface area contributed by atoms with Crippen molar-refractivity contribution in [2.45, 2.75) is 6.92 Å². The van der Waals surface area contributed by atoms with E-state index < -0.39 is 4.92 Å². The van der Waals surface area contributed by atoms with E-state index in [4.69, 9.17) is 12.2 Å². The summed E-state index contributed by atoms with van der Waals surface area (Å²) in [7, 11) is 0. The number of rotatable bonds is 3. The van der Waals surface area contributed by atoms with Crippen LogP contribution in [0.1, 0.15) is 5.69 Å². The van der Waals surface area contributed by atoms with Crippen molar-refractivity contribution in [2.24, 2.45) is 0 Å². The molecule has 0 spiro atoms. The molecule has 0 aliphatic heterocycles. The molecule has 0 saturated carbocycles. The van der Waals surface area contributed by atoms with E-state index in [1.54, 1.807) is 10.7 Å². The molecule has 3 rings (SSSR count).